The van der Waals surface area contributed by atoms with E-state index in [4.69, 9.17) is 15.0 Å². The van der Waals surface area contributed by atoms with Gasteiger partial charge in [0.15, 0.2) is 5.82 Å². The van der Waals surface area contributed by atoms with Crippen LogP contribution in [0.3, 0.4) is 0 Å². The summed E-state index contributed by atoms with van der Waals surface area (Å²) in [6, 6.07) is 49.8. The van der Waals surface area contributed by atoms with Gasteiger partial charge in [-0.1, -0.05) is 146 Å². The summed E-state index contributed by atoms with van der Waals surface area (Å²) < 4.78 is 7.32. The normalized spacial score (nSPS) is 11.3. The van der Waals surface area contributed by atoms with Gasteiger partial charge in [-0.25, -0.2) is 9.48 Å². The molecule has 2 aromatic heterocycles. The van der Waals surface area contributed by atoms with Crippen LogP contribution in [0.25, 0.3) is 22.5 Å². The topological polar surface area (TPSA) is 86.0 Å². The molecule has 8 heteroatoms. The first-order valence-corrected chi connectivity index (χ1v) is 17.6. The number of carbonyl (C=O) groups excluding carboxylic acids is 1. The van der Waals surface area contributed by atoms with Crippen molar-refractivity contribution in [2.45, 2.75) is 32.4 Å². The Morgan fingerprint density at radius 2 is 1.29 bits per heavy atom. The highest BCUT2D eigenvalue weighted by Crippen LogP contribution is 2.43. The zero-order valence-electron chi connectivity index (χ0n) is 29.3. The lowest BCUT2D eigenvalue weighted by atomic mass is 9.77. The first-order chi connectivity index (χ1) is 25.6. The van der Waals surface area contributed by atoms with Gasteiger partial charge in [0.25, 0.3) is 0 Å². The Hall–Kier alpha value is -6.41. The number of hydrogen-bond acceptors (Lipinski definition) is 7. The average Bonchev–Trinajstić information content (AvgIpc) is 3.70. The molecule has 0 radical (unpaired) electrons. The number of esters is 1. The minimum atomic E-state index is -0.864. The standard InChI is InChI=1S/C44H40N6O2/c1-3-30-49(41-31-45-29-28-40(41)43(51)52-4-2)32-33-24-26-34(27-25-33)38-22-14-15-23-39(38)42-46-47-48-50(42)44(35-16-8-5-9-17-35,36-18-10-6-11-19-36)37-20-12-7-13-21-37/h5-29,31H,3-4,30,32H2,1-2H3. The van der Waals surface area contributed by atoms with Gasteiger partial charge < -0.3 is 9.64 Å². The third-order valence-electron chi connectivity index (χ3n) is 9.30. The molecule has 52 heavy (non-hydrogen) atoms. The van der Waals surface area contributed by atoms with Gasteiger partial charge in [0.2, 0.25) is 0 Å². The minimum absolute atomic E-state index is 0.315. The summed E-state index contributed by atoms with van der Waals surface area (Å²) in [4.78, 5) is 19.3. The number of nitrogens with zero attached hydrogens (tertiary/aromatic N) is 6. The van der Waals surface area contributed by atoms with Crippen molar-refractivity contribution in [3.63, 3.8) is 0 Å². The molecule has 0 aliphatic rings. The fourth-order valence-corrected chi connectivity index (χ4v) is 7.00. The molecule has 258 valence electrons. The number of pyridine rings is 1. The van der Waals surface area contributed by atoms with Crippen LogP contribution < -0.4 is 4.90 Å². The van der Waals surface area contributed by atoms with Gasteiger partial charge in [-0.15, -0.1) is 5.10 Å². The Kier molecular flexibility index (Phi) is 10.2. The van der Waals surface area contributed by atoms with E-state index in [1.54, 1.807) is 18.5 Å². The van der Waals surface area contributed by atoms with Crippen molar-refractivity contribution in [1.82, 2.24) is 25.2 Å². The van der Waals surface area contributed by atoms with Crippen molar-refractivity contribution < 1.29 is 9.53 Å². The predicted octanol–water partition coefficient (Wildman–Crippen LogP) is 8.84. The summed E-state index contributed by atoms with van der Waals surface area (Å²) in [7, 11) is 0. The van der Waals surface area contributed by atoms with E-state index in [9.17, 15) is 4.79 Å². The third kappa shape index (κ3) is 6.58. The molecule has 7 rings (SSSR count). The molecule has 0 aliphatic carbocycles. The molecule has 0 unspecified atom stereocenters. The zero-order valence-corrected chi connectivity index (χ0v) is 29.3. The molecule has 8 nitrogen and oxygen atoms in total. The molecule has 7 aromatic rings. The highest BCUT2D eigenvalue weighted by molar-refractivity contribution is 5.95. The van der Waals surface area contributed by atoms with Crippen LogP contribution in [0, 0.1) is 0 Å². The maximum absolute atomic E-state index is 12.8. The third-order valence-corrected chi connectivity index (χ3v) is 9.30. The van der Waals surface area contributed by atoms with E-state index >= 15 is 0 Å². The highest BCUT2D eigenvalue weighted by Gasteiger charge is 2.42. The molecule has 0 saturated carbocycles. The number of tetrazole rings is 1. The van der Waals surface area contributed by atoms with Gasteiger partial charge in [0.05, 0.1) is 24.1 Å². The van der Waals surface area contributed by atoms with Crippen molar-refractivity contribution in [2.24, 2.45) is 0 Å². The van der Waals surface area contributed by atoms with Gasteiger partial charge in [-0.3, -0.25) is 4.98 Å². The molecule has 2 heterocycles. The molecule has 0 spiro atoms. The van der Waals surface area contributed by atoms with Crippen LogP contribution in [0.1, 0.15) is 52.9 Å². The van der Waals surface area contributed by atoms with E-state index in [-0.39, 0.29) is 5.97 Å². The van der Waals surface area contributed by atoms with Gasteiger partial charge in [0, 0.05) is 24.8 Å². The van der Waals surface area contributed by atoms with Crippen molar-refractivity contribution in [3.05, 3.63) is 186 Å². The smallest absolute Gasteiger partial charge is 0.340 e. The van der Waals surface area contributed by atoms with Crippen molar-refractivity contribution in [3.8, 4) is 22.5 Å². The lowest BCUT2D eigenvalue weighted by Crippen LogP contribution is -2.39. The quantitative estimate of drug-likeness (QED) is 0.0886. The van der Waals surface area contributed by atoms with Gasteiger partial charge in [-0.05, 0) is 63.2 Å². The van der Waals surface area contributed by atoms with Crippen LogP contribution in [0.5, 0.6) is 0 Å². The van der Waals surface area contributed by atoms with Gasteiger partial charge >= 0.3 is 5.97 Å². The number of hydrogen-bond donors (Lipinski definition) is 0. The summed E-state index contributed by atoms with van der Waals surface area (Å²) in [5, 5.41) is 13.8. The Labute approximate surface area is 304 Å². The largest absolute Gasteiger partial charge is 0.462 e. The summed E-state index contributed by atoms with van der Waals surface area (Å²) in [5.41, 5.74) is 7.61. The molecular weight excluding hydrogens is 645 g/mol. The molecule has 0 bridgehead atoms. The van der Waals surface area contributed by atoms with Crippen LogP contribution >= 0.6 is 0 Å². The Balaban J connectivity index is 1.30. The molecule has 5 aromatic carbocycles. The molecule has 0 atom stereocenters. The van der Waals surface area contributed by atoms with E-state index < -0.39 is 5.54 Å². The Morgan fingerprint density at radius 3 is 1.87 bits per heavy atom. The van der Waals surface area contributed by atoms with E-state index in [1.165, 1.54) is 0 Å². The lowest BCUT2D eigenvalue weighted by molar-refractivity contribution is 0.0527. The Bertz CT molecular complexity index is 2120. The lowest BCUT2D eigenvalue weighted by Gasteiger charge is -2.36. The summed E-state index contributed by atoms with van der Waals surface area (Å²) in [5.74, 6) is 0.305. The summed E-state index contributed by atoms with van der Waals surface area (Å²) >= 11 is 0. The average molecular weight is 685 g/mol. The van der Waals surface area contributed by atoms with Gasteiger partial charge in [-0.2, -0.15) is 0 Å². The van der Waals surface area contributed by atoms with Crippen molar-refractivity contribution in [1.29, 1.82) is 0 Å². The summed E-state index contributed by atoms with van der Waals surface area (Å²) in [6.45, 7) is 5.63. The molecule has 0 N–H and O–H groups in total. The second-order valence-corrected chi connectivity index (χ2v) is 12.5. The maximum Gasteiger partial charge on any atom is 0.340 e. The molecule has 0 aliphatic heterocycles. The first kappa shape index (κ1) is 34.1. The number of carbonyl (C=O) groups is 1. The van der Waals surface area contributed by atoms with Crippen molar-refractivity contribution >= 4 is 11.7 Å². The summed E-state index contributed by atoms with van der Waals surface area (Å²) in [6.07, 6.45) is 4.29. The van der Waals surface area contributed by atoms with E-state index in [0.717, 1.165) is 57.6 Å². The van der Waals surface area contributed by atoms with Crippen LogP contribution in [0.4, 0.5) is 5.69 Å². The Morgan fingerprint density at radius 1 is 0.712 bits per heavy atom. The highest BCUT2D eigenvalue weighted by atomic mass is 16.5. The van der Waals surface area contributed by atoms with Gasteiger partial charge in [0.1, 0.15) is 5.54 Å². The number of rotatable bonds is 13. The fourth-order valence-electron chi connectivity index (χ4n) is 7.00. The number of aromatic nitrogens is 5. The van der Waals surface area contributed by atoms with Crippen LogP contribution in [-0.2, 0) is 16.8 Å². The van der Waals surface area contributed by atoms with E-state index in [0.29, 0.717) is 24.5 Å². The zero-order chi connectivity index (χ0) is 35.8. The molecule has 0 amide bonds. The van der Waals surface area contributed by atoms with E-state index in [2.05, 4.69) is 131 Å². The fraction of sp³-hybridized carbons (Fsp3) is 0.159. The van der Waals surface area contributed by atoms with Crippen LogP contribution in [0.15, 0.2) is 158 Å². The number of benzene rings is 5. The van der Waals surface area contributed by atoms with Crippen LogP contribution in [-0.4, -0.2) is 44.3 Å². The monoisotopic (exact) mass is 684 g/mol. The van der Waals surface area contributed by atoms with Crippen molar-refractivity contribution in [2.75, 3.05) is 18.1 Å². The molecular formula is C44H40N6O2. The minimum Gasteiger partial charge on any atom is -0.462 e. The second kappa shape index (κ2) is 15.6. The van der Waals surface area contributed by atoms with E-state index in [1.807, 2.05) is 41.9 Å². The van der Waals surface area contributed by atoms with Crippen LogP contribution in [0.2, 0.25) is 0 Å². The second-order valence-electron chi connectivity index (χ2n) is 12.5. The molecule has 0 fully saturated rings. The first-order valence-electron chi connectivity index (χ1n) is 17.6. The SMILES string of the molecule is CCCN(Cc1ccc(-c2ccccc2-c2nnnn2C(c2ccccc2)(c2ccccc2)c2ccccc2)cc1)c1cnccc1C(=O)OCC. The molecule has 0 saturated heterocycles. The maximum atomic E-state index is 12.8. The number of ether oxygens (including phenoxy) is 1. The number of anilines is 1. The predicted molar refractivity (Wildman–Crippen MR) is 205 cm³/mol.